The highest BCUT2D eigenvalue weighted by Gasteiger charge is 2.37. The van der Waals surface area contributed by atoms with Crippen molar-refractivity contribution in [3.05, 3.63) is 76.8 Å². The van der Waals surface area contributed by atoms with E-state index in [9.17, 15) is 9.90 Å². The van der Waals surface area contributed by atoms with E-state index in [1.165, 1.54) is 15.3 Å². The van der Waals surface area contributed by atoms with Crippen LogP contribution in [0.3, 0.4) is 0 Å². The number of aromatic hydroxyl groups is 1. The number of rotatable bonds is 3. The second-order valence-corrected chi connectivity index (χ2v) is 5.86. The summed E-state index contributed by atoms with van der Waals surface area (Å²) in [5, 5.41) is 14.4. The lowest BCUT2D eigenvalue weighted by molar-refractivity contribution is -0.462. The van der Waals surface area contributed by atoms with Crippen molar-refractivity contribution < 1.29 is 19.4 Å². The van der Waals surface area contributed by atoms with Crippen LogP contribution in [0.25, 0.3) is 11.8 Å². The molecule has 0 atom stereocenters. The maximum atomic E-state index is 12.1. The number of hydrogen-bond acceptors (Lipinski definition) is 5. The minimum Gasteiger partial charge on any atom is -0.493 e. The highest BCUT2D eigenvalue weighted by molar-refractivity contribution is 7.71. The number of imidazole rings is 1. The summed E-state index contributed by atoms with van der Waals surface area (Å²) in [4.78, 5) is 19.8. The number of carbonyl (C=O) groups excluding carboxylic acids is 1. The summed E-state index contributed by atoms with van der Waals surface area (Å²) in [6.45, 7) is 0. The van der Waals surface area contributed by atoms with Gasteiger partial charge in [0, 0.05) is 12.1 Å². The third-order valence-corrected chi connectivity index (χ3v) is 4.12. The molecule has 0 radical (unpaired) electrons. The third kappa shape index (κ3) is 2.72. The molecule has 2 N–H and O–H groups in total. The molecule has 7 nitrogen and oxygen atoms in total. The van der Waals surface area contributed by atoms with Crippen molar-refractivity contribution in [3.63, 3.8) is 0 Å². The lowest BCUT2D eigenvalue weighted by atomic mass is 10.2. The predicted octanol–water partition coefficient (Wildman–Crippen LogP) is 3.85. The van der Waals surface area contributed by atoms with E-state index >= 15 is 0 Å². The van der Waals surface area contributed by atoms with Crippen molar-refractivity contribution in [2.45, 2.75) is 0 Å². The minimum absolute atomic E-state index is 0.110. The summed E-state index contributed by atoms with van der Waals surface area (Å²) in [5.74, 6) is -0.735. The van der Waals surface area contributed by atoms with E-state index in [0.717, 1.165) is 0 Å². The van der Waals surface area contributed by atoms with Gasteiger partial charge < -0.3 is 10.1 Å². The Morgan fingerprint density at radius 2 is 1.77 bits per heavy atom. The average Bonchev–Trinajstić information content (AvgIpc) is 3.16. The molecule has 1 aliphatic heterocycles. The predicted molar refractivity (Wildman–Crippen MR) is 95.5 cm³/mol. The fourth-order valence-electron chi connectivity index (χ4n) is 2.63. The number of aromatic amines is 1. The summed E-state index contributed by atoms with van der Waals surface area (Å²) >= 11 is 5.30. The molecule has 1 aliphatic rings. The largest absolute Gasteiger partial charge is 0.493 e. The Balaban J connectivity index is 1.80. The van der Waals surface area contributed by atoms with Gasteiger partial charge in [-0.1, -0.05) is 36.4 Å². The number of carbonyl (C=O) groups is 1. The first-order valence-corrected chi connectivity index (χ1v) is 8.14. The van der Waals surface area contributed by atoms with Crippen LogP contribution in [0.4, 0.5) is 5.69 Å². The van der Waals surface area contributed by atoms with Crippen molar-refractivity contribution >= 4 is 30.0 Å². The smallest absolute Gasteiger partial charge is 0.437 e. The highest BCUT2D eigenvalue weighted by Crippen LogP contribution is 2.28. The summed E-state index contributed by atoms with van der Waals surface area (Å²) in [5.41, 5.74) is 1.80. The highest BCUT2D eigenvalue weighted by atomic mass is 32.1. The molecule has 3 aromatic rings. The Bertz CT molecular complexity index is 1100. The molecule has 2 aromatic carbocycles. The molecule has 2 heterocycles. The van der Waals surface area contributed by atoms with Crippen LogP contribution >= 0.6 is 12.2 Å². The number of benzene rings is 2. The SMILES string of the molecule is O=C1ON=[N+](c2ccccc2)/C1=C/c1[nH]c(=S)n(-c2ccccc2)c1O. The van der Waals surface area contributed by atoms with Crippen LogP contribution in [0.1, 0.15) is 5.69 Å². The number of aromatic nitrogens is 2. The standard InChI is InChI=1S/C18H12N4O3S/c23-16-14(19-18(26)21(16)12-7-3-1-4-8-12)11-15-17(24)25-20-22(15)13-9-5-2-6-10-13/h1-11,20H/p+1/b15-11+. The van der Waals surface area contributed by atoms with Gasteiger partial charge in [0.15, 0.2) is 4.77 Å². The Morgan fingerprint density at radius 1 is 1.12 bits per heavy atom. The average molecular weight is 365 g/mol. The van der Waals surface area contributed by atoms with Gasteiger partial charge in [-0.25, -0.2) is 4.79 Å². The molecule has 0 bridgehead atoms. The van der Waals surface area contributed by atoms with E-state index in [1.807, 2.05) is 48.5 Å². The maximum Gasteiger partial charge on any atom is 0.437 e. The second-order valence-electron chi connectivity index (χ2n) is 5.48. The fraction of sp³-hybridized carbons (Fsp3) is 0. The van der Waals surface area contributed by atoms with Crippen LogP contribution in [-0.2, 0) is 9.63 Å². The van der Waals surface area contributed by atoms with Crippen LogP contribution in [-0.4, -0.2) is 25.3 Å². The van der Waals surface area contributed by atoms with E-state index in [2.05, 4.69) is 10.3 Å². The summed E-state index contributed by atoms with van der Waals surface area (Å²) in [7, 11) is 0. The zero-order chi connectivity index (χ0) is 18.1. The Morgan fingerprint density at radius 3 is 2.46 bits per heavy atom. The van der Waals surface area contributed by atoms with Gasteiger partial charge in [-0.15, -0.1) is 0 Å². The summed E-state index contributed by atoms with van der Waals surface area (Å²) in [6.07, 6.45) is 1.45. The molecule has 8 heteroatoms. The number of H-pyrrole nitrogens is 1. The van der Waals surface area contributed by atoms with Gasteiger partial charge in [-0.05, 0) is 29.0 Å². The van der Waals surface area contributed by atoms with Crippen molar-refractivity contribution in [2.75, 3.05) is 0 Å². The van der Waals surface area contributed by atoms with E-state index in [-0.39, 0.29) is 17.3 Å². The zero-order valence-electron chi connectivity index (χ0n) is 13.4. The van der Waals surface area contributed by atoms with Crippen molar-refractivity contribution in [3.8, 4) is 11.6 Å². The van der Waals surface area contributed by atoms with Gasteiger partial charge in [0.1, 0.15) is 5.69 Å². The van der Waals surface area contributed by atoms with E-state index in [1.54, 1.807) is 12.1 Å². The number of nitrogens with zero attached hydrogens (tertiary/aromatic N) is 3. The molecule has 1 aromatic heterocycles. The third-order valence-electron chi connectivity index (χ3n) is 3.84. The Kier molecular flexibility index (Phi) is 3.94. The first kappa shape index (κ1) is 16.0. The van der Waals surface area contributed by atoms with E-state index in [4.69, 9.17) is 17.1 Å². The van der Waals surface area contributed by atoms with Crippen LogP contribution in [0, 0.1) is 4.77 Å². The van der Waals surface area contributed by atoms with Crippen LogP contribution < -0.4 is 0 Å². The zero-order valence-corrected chi connectivity index (χ0v) is 14.2. The van der Waals surface area contributed by atoms with Crippen molar-refractivity contribution in [1.29, 1.82) is 0 Å². The number of nitrogens with one attached hydrogen (secondary N) is 1. The number of hydrogen-bond donors (Lipinski definition) is 2. The van der Waals surface area contributed by atoms with E-state index in [0.29, 0.717) is 16.1 Å². The van der Waals surface area contributed by atoms with Crippen LogP contribution in [0.2, 0.25) is 0 Å². The quantitative estimate of drug-likeness (QED) is 0.420. The lowest BCUT2D eigenvalue weighted by Gasteiger charge is -2.03. The fourth-order valence-corrected chi connectivity index (χ4v) is 2.93. The molecule has 0 unspecified atom stereocenters. The second kappa shape index (κ2) is 6.41. The topological polar surface area (TPSA) is 82.6 Å². The normalized spacial score (nSPS) is 15.2. The van der Waals surface area contributed by atoms with Gasteiger partial charge in [-0.2, -0.15) is 0 Å². The molecule has 0 saturated carbocycles. The van der Waals surface area contributed by atoms with Crippen LogP contribution in [0.5, 0.6) is 5.88 Å². The molecular formula is C18H13N4O3S+. The molecule has 0 fully saturated rings. The van der Waals surface area contributed by atoms with Gasteiger partial charge in [-0.3, -0.25) is 9.40 Å². The molecule has 128 valence electrons. The molecule has 4 rings (SSSR count). The van der Waals surface area contributed by atoms with E-state index < -0.39 is 5.97 Å². The molecule has 0 spiro atoms. The molecule has 0 amide bonds. The van der Waals surface area contributed by atoms with Gasteiger partial charge in [0.25, 0.3) is 0 Å². The van der Waals surface area contributed by atoms with Crippen molar-refractivity contribution in [2.24, 2.45) is 5.28 Å². The molecule has 0 saturated heterocycles. The maximum absolute atomic E-state index is 12.1. The molecule has 0 aliphatic carbocycles. The van der Waals surface area contributed by atoms with Crippen molar-refractivity contribution in [1.82, 2.24) is 9.55 Å². The Labute approximate surface area is 153 Å². The van der Waals surface area contributed by atoms with Gasteiger partial charge in [0.2, 0.25) is 16.8 Å². The minimum atomic E-state index is -0.625. The summed E-state index contributed by atoms with van der Waals surface area (Å²) in [6, 6.07) is 18.3. The number of para-hydroxylation sites is 2. The lowest BCUT2D eigenvalue weighted by Crippen LogP contribution is -2.05. The molecular weight excluding hydrogens is 352 g/mol. The monoisotopic (exact) mass is 365 g/mol. The first-order valence-electron chi connectivity index (χ1n) is 7.74. The molecule has 26 heavy (non-hydrogen) atoms. The summed E-state index contributed by atoms with van der Waals surface area (Å²) < 4.78 is 3.14. The van der Waals surface area contributed by atoms with Gasteiger partial charge >= 0.3 is 11.7 Å². The Hall–Kier alpha value is -3.52. The van der Waals surface area contributed by atoms with Gasteiger partial charge in [0.05, 0.1) is 11.8 Å². The first-order chi connectivity index (χ1) is 12.6. The van der Waals surface area contributed by atoms with Crippen LogP contribution in [0.15, 0.2) is 71.6 Å².